The van der Waals surface area contributed by atoms with Crippen molar-refractivity contribution in [1.29, 1.82) is 0 Å². The van der Waals surface area contributed by atoms with Gasteiger partial charge in [0.2, 0.25) is 0 Å². The number of carbonyl (C=O) groups excluding carboxylic acids is 1. The van der Waals surface area contributed by atoms with Crippen molar-refractivity contribution in [3.8, 4) is 17.0 Å². The highest BCUT2D eigenvalue weighted by molar-refractivity contribution is 7.09. The molecule has 0 saturated heterocycles. The first kappa shape index (κ1) is 16.2. The average Bonchev–Trinajstić information content (AvgIpc) is 3.02. The molecule has 122 valence electrons. The number of nitrogens with one attached hydrogen (secondary N) is 1. The van der Waals surface area contributed by atoms with Gasteiger partial charge in [0.1, 0.15) is 5.75 Å². The van der Waals surface area contributed by atoms with E-state index < -0.39 is 0 Å². The number of nitrogens with zero attached hydrogens (tertiary/aromatic N) is 1. The summed E-state index contributed by atoms with van der Waals surface area (Å²) in [6.07, 6.45) is 0. The van der Waals surface area contributed by atoms with Gasteiger partial charge < -0.3 is 10.1 Å². The summed E-state index contributed by atoms with van der Waals surface area (Å²) in [5.74, 6) is 0.475. The molecule has 0 aliphatic carbocycles. The van der Waals surface area contributed by atoms with Crippen molar-refractivity contribution in [2.45, 2.75) is 13.8 Å². The molecule has 0 spiro atoms. The van der Waals surface area contributed by atoms with Crippen LogP contribution in [-0.2, 0) is 0 Å². The molecule has 0 atom stereocenters. The summed E-state index contributed by atoms with van der Waals surface area (Å²) >= 11 is 1.61. The van der Waals surface area contributed by atoms with E-state index in [1.54, 1.807) is 18.4 Å². The van der Waals surface area contributed by atoms with Crippen LogP contribution in [0.4, 0.5) is 5.69 Å². The minimum absolute atomic E-state index is 0.167. The summed E-state index contributed by atoms with van der Waals surface area (Å²) in [6, 6.07) is 13.1. The molecule has 5 heteroatoms. The van der Waals surface area contributed by atoms with E-state index in [2.05, 4.69) is 10.3 Å². The van der Waals surface area contributed by atoms with Gasteiger partial charge in [0.25, 0.3) is 5.91 Å². The molecule has 1 amide bonds. The van der Waals surface area contributed by atoms with Crippen molar-refractivity contribution in [2.24, 2.45) is 0 Å². The van der Waals surface area contributed by atoms with Gasteiger partial charge >= 0.3 is 0 Å². The lowest BCUT2D eigenvalue weighted by atomic mass is 10.1. The zero-order valence-corrected chi connectivity index (χ0v) is 14.6. The Bertz CT molecular complexity index is 869. The van der Waals surface area contributed by atoms with Gasteiger partial charge in [-0.1, -0.05) is 18.2 Å². The zero-order chi connectivity index (χ0) is 17.1. The van der Waals surface area contributed by atoms with E-state index in [9.17, 15) is 4.79 Å². The second kappa shape index (κ2) is 6.84. The topological polar surface area (TPSA) is 51.2 Å². The summed E-state index contributed by atoms with van der Waals surface area (Å²) in [5.41, 5.74) is 4.25. The summed E-state index contributed by atoms with van der Waals surface area (Å²) in [5, 5.41) is 5.95. The van der Waals surface area contributed by atoms with Crippen LogP contribution < -0.4 is 10.1 Å². The Hall–Kier alpha value is -2.66. The molecule has 1 heterocycles. The number of thiazole rings is 1. The predicted molar refractivity (Wildman–Crippen MR) is 98.0 cm³/mol. The molecule has 0 bridgehead atoms. The lowest BCUT2D eigenvalue weighted by Crippen LogP contribution is -2.12. The van der Waals surface area contributed by atoms with E-state index in [1.165, 1.54) is 0 Å². The number of ether oxygens (including phenoxy) is 1. The van der Waals surface area contributed by atoms with Crippen LogP contribution in [0.5, 0.6) is 5.75 Å². The molecule has 1 N–H and O–H groups in total. The Kier molecular flexibility index (Phi) is 4.62. The van der Waals surface area contributed by atoms with Gasteiger partial charge in [0.15, 0.2) is 0 Å². The lowest BCUT2D eigenvalue weighted by molar-refractivity contribution is 0.102. The van der Waals surface area contributed by atoms with Gasteiger partial charge in [-0.3, -0.25) is 4.79 Å². The normalized spacial score (nSPS) is 10.5. The fraction of sp³-hybridized carbons (Fsp3) is 0.158. The maximum Gasteiger partial charge on any atom is 0.255 e. The Morgan fingerprint density at radius 3 is 2.50 bits per heavy atom. The molecule has 4 nitrogen and oxygen atoms in total. The highest BCUT2D eigenvalue weighted by Gasteiger charge is 2.11. The summed E-state index contributed by atoms with van der Waals surface area (Å²) in [7, 11) is 1.59. The number of carbonyl (C=O) groups is 1. The number of rotatable bonds is 4. The standard InChI is InChI=1S/C19H18N2O2S/c1-12-4-9-18(23-3)16(10-12)21-19(22)15-7-5-14(6-8-15)17-11-24-13(2)20-17/h4-11H,1-3H3,(H,21,22). The van der Waals surface area contributed by atoms with E-state index in [-0.39, 0.29) is 5.91 Å². The molecule has 2 aromatic carbocycles. The number of aromatic nitrogens is 1. The monoisotopic (exact) mass is 338 g/mol. The van der Waals surface area contributed by atoms with Crippen molar-refractivity contribution in [2.75, 3.05) is 12.4 Å². The molecule has 0 aliphatic rings. The molecule has 0 radical (unpaired) electrons. The molecule has 3 rings (SSSR count). The lowest BCUT2D eigenvalue weighted by Gasteiger charge is -2.11. The highest BCUT2D eigenvalue weighted by Crippen LogP contribution is 2.26. The van der Waals surface area contributed by atoms with E-state index in [4.69, 9.17) is 4.74 Å². The molecule has 0 aliphatic heterocycles. The van der Waals surface area contributed by atoms with Crippen LogP contribution in [0.1, 0.15) is 20.9 Å². The molecule has 1 aromatic heterocycles. The minimum Gasteiger partial charge on any atom is -0.495 e. The first-order valence-electron chi connectivity index (χ1n) is 7.55. The van der Waals surface area contributed by atoms with Crippen LogP contribution in [0.25, 0.3) is 11.3 Å². The fourth-order valence-corrected chi connectivity index (χ4v) is 3.02. The quantitative estimate of drug-likeness (QED) is 0.751. The van der Waals surface area contributed by atoms with E-state index >= 15 is 0 Å². The van der Waals surface area contributed by atoms with Crippen LogP contribution in [0, 0.1) is 13.8 Å². The van der Waals surface area contributed by atoms with Gasteiger partial charge in [0.05, 0.1) is 23.5 Å². The van der Waals surface area contributed by atoms with Crippen molar-refractivity contribution < 1.29 is 9.53 Å². The second-order valence-corrected chi connectivity index (χ2v) is 6.55. The molecule has 0 saturated carbocycles. The first-order chi connectivity index (χ1) is 11.6. The molecular weight excluding hydrogens is 320 g/mol. The minimum atomic E-state index is -0.167. The van der Waals surface area contributed by atoms with E-state index in [0.29, 0.717) is 17.0 Å². The van der Waals surface area contributed by atoms with E-state index in [0.717, 1.165) is 21.8 Å². The average molecular weight is 338 g/mol. The van der Waals surface area contributed by atoms with Gasteiger partial charge in [-0.2, -0.15) is 0 Å². The van der Waals surface area contributed by atoms with Gasteiger partial charge in [-0.15, -0.1) is 11.3 Å². The first-order valence-corrected chi connectivity index (χ1v) is 8.43. The Morgan fingerprint density at radius 2 is 1.88 bits per heavy atom. The van der Waals surface area contributed by atoms with Gasteiger partial charge in [-0.25, -0.2) is 4.98 Å². The molecule has 0 fully saturated rings. The maximum atomic E-state index is 12.5. The third-order valence-corrected chi connectivity index (χ3v) is 4.44. The smallest absolute Gasteiger partial charge is 0.255 e. The molecular formula is C19H18N2O2S. The van der Waals surface area contributed by atoms with Crippen LogP contribution in [-0.4, -0.2) is 18.0 Å². The molecule has 0 unspecified atom stereocenters. The number of methoxy groups -OCH3 is 1. The summed E-state index contributed by atoms with van der Waals surface area (Å²) in [4.78, 5) is 16.9. The SMILES string of the molecule is COc1ccc(C)cc1NC(=O)c1ccc(-c2csc(C)n2)cc1. The molecule has 3 aromatic rings. The van der Waals surface area contributed by atoms with Gasteiger partial charge in [-0.05, 0) is 43.7 Å². The number of aryl methyl sites for hydroxylation is 2. The Balaban J connectivity index is 1.79. The fourth-order valence-electron chi connectivity index (χ4n) is 2.40. The third kappa shape index (κ3) is 3.46. The van der Waals surface area contributed by atoms with Crippen LogP contribution in [0.15, 0.2) is 47.8 Å². The Morgan fingerprint density at radius 1 is 1.12 bits per heavy atom. The van der Waals surface area contributed by atoms with Crippen molar-refractivity contribution in [3.05, 3.63) is 64.0 Å². The zero-order valence-electron chi connectivity index (χ0n) is 13.8. The number of hydrogen-bond acceptors (Lipinski definition) is 4. The molecule has 24 heavy (non-hydrogen) atoms. The highest BCUT2D eigenvalue weighted by atomic mass is 32.1. The number of hydrogen-bond donors (Lipinski definition) is 1. The van der Waals surface area contributed by atoms with Crippen LogP contribution >= 0.6 is 11.3 Å². The van der Waals surface area contributed by atoms with Gasteiger partial charge in [0, 0.05) is 16.5 Å². The number of amides is 1. The number of anilines is 1. The van der Waals surface area contributed by atoms with E-state index in [1.807, 2.05) is 61.7 Å². The summed E-state index contributed by atoms with van der Waals surface area (Å²) < 4.78 is 5.29. The van der Waals surface area contributed by atoms with Crippen molar-refractivity contribution in [1.82, 2.24) is 4.98 Å². The third-order valence-electron chi connectivity index (χ3n) is 3.67. The second-order valence-electron chi connectivity index (χ2n) is 5.49. The predicted octanol–water partition coefficient (Wildman–Crippen LogP) is 4.69. The maximum absolute atomic E-state index is 12.5. The van der Waals surface area contributed by atoms with Crippen molar-refractivity contribution in [3.63, 3.8) is 0 Å². The van der Waals surface area contributed by atoms with Crippen LogP contribution in [0.2, 0.25) is 0 Å². The van der Waals surface area contributed by atoms with Crippen LogP contribution in [0.3, 0.4) is 0 Å². The Labute approximate surface area is 145 Å². The van der Waals surface area contributed by atoms with Crippen molar-refractivity contribution >= 4 is 22.9 Å². The summed E-state index contributed by atoms with van der Waals surface area (Å²) in [6.45, 7) is 3.95. The largest absolute Gasteiger partial charge is 0.495 e. The number of benzene rings is 2.